The van der Waals surface area contributed by atoms with Crippen molar-refractivity contribution in [3.8, 4) is 0 Å². The molecule has 1 unspecified atom stereocenters. The van der Waals surface area contributed by atoms with Crippen LogP contribution in [0.2, 0.25) is 5.02 Å². The first-order chi connectivity index (χ1) is 10.1. The van der Waals surface area contributed by atoms with Crippen molar-refractivity contribution in [2.75, 3.05) is 0 Å². The maximum Gasteiger partial charge on any atom is 0.142 e. The van der Waals surface area contributed by atoms with Gasteiger partial charge in [-0.3, -0.25) is 4.98 Å². The highest BCUT2D eigenvalue weighted by molar-refractivity contribution is 6.31. The van der Waals surface area contributed by atoms with E-state index in [1.807, 2.05) is 31.2 Å². The summed E-state index contributed by atoms with van der Waals surface area (Å²) < 4.78 is 13.5. The molecule has 3 aromatic rings. The van der Waals surface area contributed by atoms with Crippen molar-refractivity contribution in [3.05, 3.63) is 76.2 Å². The second-order valence-electron chi connectivity index (χ2n) is 4.95. The van der Waals surface area contributed by atoms with Crippen LogP contribution in [0, 0.1) is 12.7 Å². The van der Waals surface area contributed by atoms with Crippen LogP contribution >= 0.6 is 11.6 Å². The van der Waals surface area contributed by atoms with Gasteiger partial charge < -0.3 is 5.11 Å². The van der Waals surface area contributed by atoms with Gasteiger partial charge in [0.1, 0.15) is 11.9 Å². The molecule has 0 radical (unpaired) electrons. The maximum absolute atomic E-state index is 13.5. The molecule has 106 valence electrons. The number of pyridine rings is 1. The molecular weight excluding hydrogens is 289 g/mol. The number of aliphatic hydroxyl groups is 1. The molecule has 4 heteroatoms. The van der Waals surface area contributed by atoms with E-state index in [2.05, 4.69) is 4.98 Å². The normalized spacial score (nSPS) is 12.6. The summed E-state index contributed by atoms with van der Waals surface area (Å²) >= 11 is 5.93. The standard InChI is InChI=1S/C17H13ClFNO/c1-10-5-6-11-9-12(7-8-15(11)20-10)17(21)13-3-2-4-14(19)16(13)18/h2-9,17,21H,1H3. The maximum atomic E-state index is 13.5. The fraction of sp³-hybridized carbons (Fsp3) is 0.118. The Morgan fingerprint density at radius 1 is 1.14 bits per heavy atom. The number of fused-ring (bicyclic) bond motifs is 1. The molecular formula is C17H13ClFNO. The van der Waals surface area contributed by atoms with Crippen molar-refractivity contribution in [1.29, 1.82) is 0 Å². The predicted octanol–water partition coefficient (Wildman–Crippen LogP) is 4.42. The van der Waals surface area contributed by atoms with E-state index in [1.165, 1.54) is 12.1 Å². The van der Waals surface area contributed by atoms with Gasteiger partial charge in [0.15, 0.2) is 0 Å². The Hall–Kier alpha value is -1.97. The molecule has 0 amide bonds. The lowest BCUT2D eigenvalue weighted by molar-refractivity contribution is 0.220. The van der Waals surface area contributed by atoms with E-state index < -0.39 is 11.9 Å². The molecule has 1 atom stereocenters. The summed E-state index contributed by atoms with van der Waals surface area (Å²) in [5.74, 6) is -0.536. The number of aliphatic hydroxyl groups excluding tert-OH is 1. The molecule has 0 aliphatic heterocycles. The smallest absolute Gasteiger partial charge is 0.142 e. The average molecular weight is 302 g/mol. The fourth-order valence-electron chi connectivity index (χ4n) is 2.33. The molecule has 0 aliphatic rings. The molecule has 1 N–H and O–H groups in total. The first kappa shape index (κ1) is 14.0. The van der Waals surface area contributed by atoms with Crippen LogP contribution in [0.25, 0.3) is 10.9 Å². The third-order valence-electron chi connectivity index (χ3n) is 3.44. The van der Waals surface area contributed by atoms with E-state index in [0.29, 0.717) is 11.1 Å². The molecule has 0 bridgehead atoms. The highest BCUT2D eigenvalue weighted by Crippen LogP contribution is 2.31. The zero-order chi connectivity index (χ0) is 15.0. The monoisotopic (exact) mass is 301 g/mol. The number of benzene rings is 2. The van der Waals surface area contributed by atoms with E-state index in [9.17, 15) is 9.50 Å². The van der Waals surface area contributed by atoms with Crippen molar-refractivity contribution >= 4 is 22.5 Å². The largest absolute Gasteiger partial charge is 0.384 e. The molecule has 0 saturated heterocycles. The Labute approximate surface area is 126 Å². The van der Waals surface area contributed by atoms with E-state index in [1.54, 1.807) is 12.1 Å². The van der Waals surface area contributed by atoms with Crippen LogP contribution in [-0.2, 0) is 0 Å². The van der Waals surface area contributed by atoms with Crippen LogP contribution < -0.4 is 0 Å². The van der Waals surface area contributed by atoms with Crippen LogP contribution in [0.1, 0.15) is 22.9 Å². The van der Waals surface area contributed by atoms with Gasteiger partial charge in [0.25, 0.3) is 0 Å². The molecule has 2 nitrogen and oxygen atoms in total. The second kappa shape index (κ2) is 5.43. The molecule has 2 aromatic carbocycles. The fourth-order valence-corrected chi connectivity index (χ4v) is 2.56. The van der Waals surface area contributed by atoms with Crippen LogP contribution in [0.3, 0.4) is 0 Å². The minimum Gasteiger partial charge on any atom is -0.384 e. The van der Waals surface area contributed by atoms with Gasteiger partial charge in [-0.25, -0.2) is 4.39 Å². The number of halogens is 2. The Kier molecular flexibility index (Phi) is 3.62. The SMILES string of the molecule is Cc1ccc2cc(C(O)c3cccc(F)c3Cl)ccc2n1. The first-order valence-corrected chi connectivity index (χ1v) is 6.93. The van der Waals surface area contributed by atoms with E-state index in [4.69, 9.17) is 11.6 Å². The lowest BCUT2D eigenvalue weighted by Gasteiger charge is -2.14. The van der Waals surface area contributed by atoms with Gasteiger partial charge in [-0.15, -0.1) is 0 Å². The molecule has 3 rings (SSSR count). The number of nitrogens with zero attached hydrogens (tertiary/aromatic N) is 1. The minimum absolute atomic E-state index is 0.0490. The number of hydrogen-bond donors (Lipinski definition) is 1. The Bertz CT molecular complexity index is 819. The zero-order valence-electron chi connectivity index (χ0n) is 11.3. The minimum atomic E-state index is -0.973. The van der Waals surface area contributed by atoms with Crippen molar-refractivity contribution in [2.45, 2.75) is 13.0 Å². The third-order valence-corrected chi connectivity index (χ3v) is 3.84. The van der Waals surface area contributed by atoms with Crippen LogP contribution in [0.15, 0.2) is 48.5 Å². The van der Waals surface area contributed by atoms with Crippen molar-refractivity contribution < 1.29 is 9.50 Å². The number of rotatable bonds is 2. The second-order valence-corrected chi connectivity index (χ2v) is 5.33. The van der Waals surface area contributed by atoms with Gasteiger partial charge in [-0.05, 0) is 36.8 Å². The molecule has 21 heavy (non-hydrogen) atoms. The Morgan fingerprint density at radius 2 is 1.95 bits per heavy atom. The van der Waals surface area contributed by atoms with E-state index in [0.717, 1.165) is 16.6 Å². The van der Waals surface area contributed by atoms with Gasteiger partial charge in [-0.2, -0.15) is 0 Å². The highest BCUT2D eigenvalue weighted by Gasteiger charge is 2.16. The van der Waals surface area contributed by atoms with Gasteiger partial charge in [0.05, 0.1) is 10.5 Å². The number of hydrogen-bond acceptors (Lipinski definition) is 2. The summed E-state index contributed by atoms with van der Waals surface area (Å²) in [7, 11) is 0. The van der Waals surface area contributed by atoms with Crippen molar-refractivity contribution in [3.63, 3.8) is 0 Å². The summed E-state index contributed by atoms with van der Waals surface area (Å²) in [5, 5.41) is 11.3. The summed E-state index contributed by atoms with van der Waals surface area (Å²) in [6.07, 6.45) is -0.973. The third kappa shape index (κ3) is 2.62. The van der Waals surface area contributed by atoms with Gasteiger partial charge in [0, 0.05) is 16.6 Å². The summed E-state index contributed by atoms with van der Waals surface area (Å²) in [6.45, 7) is 1.93. The molecule has 0 fully saturated rings. The van der Waals surface area contributed by atoms with Crippen LogP contribution in [0.5, 0.6) is 0 Å². The number of aromatic nitrogens is 1. The Morgan fingerprint density at radius 3 is 2.76 bits per heavy atom. The van der Waals surface area contributed by atoms with Crippen molar-refractivity contribution in [2.24, 2.45) is 0 Å². The van der Waals surface area contributed by atoms with Gasteiger partial charge >= 0.3 is 0 Å². The number of aryl methyl sites for hydroxylation is 1. The molecule has 0 saturated carbocycles. The van der Waals surface area contributed by atoms with E-state index in [-0.39, 0.29) is 5.02 Å². The topological polar surface area (TPSA) is 33.1 Å². The summed E-state index contributed by atoms with van der Waals surface area (Å²) in [5.41, 5.74) is 2.80. The highest BCUT2D eigenvalue weighted by atomic mass is 35.5. The quantitative estimate of drug-likeness (QED) is 0.760. The van der Waals surface area contributed by atoms with Crippen LogP contribution in [0.4, 0.5) is 4.39 Å². The Balaban J connectivity index is 2.07. The van der Waals surface area contributed by atoms with Crippen LogP contribution in [-0.4, -0.2) is 10.1 Å². The first-order valence-electron chi connectivity index (χ1n) is 6.55. The molecule has 1 heterocycles. The lowest BCUT2D eigenvalue weighted by Crippen LogP contribution is -2.01. The lowest BCUT2D eigenvalue weighted by atomic mass is 9.99. The zero-order valence-corrected chi connectivity index (χ0v) is 12.1. The van der Waals surface area contributed by atoms with Gasteiger partial charge in [0.2, 0.25) is 0 Å². The van der Waals surface area contributed by atoms with E-state index >= 15 is 0 Å². The molecule has 1 aromatic heterocycles. The molecule has 0 aliphatic carbocycles. The molecule has 0 spiro atoms. The predicted molar refractivity (Wildman–Crippen MR) is 82.0 cm³/mol. The van der Waals surface area contributed by atoms with Crippen molar-refractivity contribution in [1.82, 2.24) is 4.98 Å². The summed E-state index contributed by atoms with van der Waals surface area (Å²) in [6, 6.07) is 13.7. The van der Waals surface area contributed by atoms with Gasteiger partial charge in [-0.1, -0.05) is 35.9 Å². The summed E-state index contributed by atoms with van der Waals surface area (Å²) in [4.78, 5) is 4.41. The average Bonchev–Trinajstić information content (AvgIpc) is 2.49.